The number of nitrogens with zero attached hydrogens (tertiary/aromatic N) is 3. The molecule has 0 aliphatic carbocycles. The molecule has 1 saturated heterocycles. The van der Waals surface area contributed by atoms with Crippen molar-refractivity contribution in [2.45, 2.75) is 11.4 Å². The fourth-order valence-electron chi connectivity index (χ4n) is 3.09. The number of rotatable bonds is 4. The Labute approximate surface area is 161 Å². The van der Waals surface area contributed by atoms with Crippen LogP contribution in [-0.2, 0) is 16.6 Å². The van der Waals surface area contributed by atoms with Gasteiger partial charge in [-0.15, -0.1) is 0 Å². The van der Waals surface area contributed by atoms with Gasteiger partial charge in [0.25, 0.3) is 0 Å². The predicted octanol–water partition coefficient (Wildman–Crippen LogP) is 3.13. The summed E-state index contributed by atoms with van der Waals surface area (Å²) in [5.41, 5.74) is 1.55. The Morgan fingerprint density at radius 3 is 2.56 bits per heavy atom. The van der Waals surface area contributed by atoms with Crippen molar-refractivity contribution in [2.75, 3.05) is 26.2 Å². The molecule has 3 aromatic rings. The van der Waals surface area contributed by atoms with E-state index in [0.29, 0.717) is 38.6 Å². The van der Waals surface area contributed by atoms with Crippen LogP contribution in [0.5, 0.6) is 0 Å². The second-order valence-corrected chi connectivity index (χ2v) is 8.68. The van der Waals surface area contributed by atoms with E-state index in [-0.39, 0.29) is 9.92 Å². The topological polar surface area (TPSA) is 66.7 Å². The molecule has 9 heteroatoms. The highest BCUT2D eigenvalue weighted by Gasteiger charge is 2.29. The minimum Gasteiger partial charge on any atom is -0.439 e. The first-order valence-corrected chi connectivity index (χ1v) is 10.3. The van der Waals surface area contributed by atoms with Crippen molar-refractivity contribution in [1.82, 2.24) is 14.2 Å². The molecule has 0 unspecified atom stereocenters. The third-order valence-corrected chi connectivity index (χ3v) is 6.74. The molecule has 6 nitrogen and oxygen atoms in total. The number of hydrogen-bond donors (Lipinski definition) is 0. The van der Waals surface area contributed by atoms with Gasteiger partial charge in [0.2, 0.25) is 15.9 Å². The van der Waals surface area contributed by atoms with E-state index < -0.39 is 15.8 Å². The van der Waals surface area contributed by atoms with Crippen LogP contribution in [0.3, 0.4) is 0 Å². The van der Waals surface area contributed by atoms with Gasteiger partial charge in [0.15, 0.2) is 5.58 Å². The molecule has 4 rings (SSSR count). The summed E-state index contributed by atoms with van der Waals surface area (Å²) in [6.45, 7) is 2.28. The summed E-state index contributed by atoms with van der Waals surface area (Å²) < 4.78 is 45.9. The van der Waals surface area contributed by atoms with Gasteiger partial charge in [0.05, 0.1) is 16.5 Å². The zero-order valence-corrected chi connectivity index (χ0v) is 15.9. The van der Waals surface area contributed by atoms with Gasteiger partial charge in [-0.25, -0.2) is 17.8 Å². The Kier molecular flexibility index (Phi) is 4.90. The molecule has 0 spiro atoms. The summed E-state index contributed by atoms with van der Waals surface area (Å²) in [6, 6.07) is 11.0. The summed E-state index contributed by atoms with van der Waals surface area (Å²) >= 11 is 5.72. The van der Waals surface area contributed by atoms with Crippen LogP contribution >= 0.6 is 11.6 Å². The van der Waals surface area contributed by atoms with Crippen molar-refractivity contribution in [3.8, 4) is 0 Å². The lowest BCUT2D eigenvalue weighted by Crippen LogP contribution is -2.48. The molecule has 0 saturated carbocycles. The molecule has 2 heterocycles. The summed E-state index contributed by atoms with van der Waals surface area (Å²) in [5.74, 6) is -0.0309. The maximum Gasteiger partial charge on any atom is 0.243 e. The van der Waals surface area contributed by atoms with Gasteiger partial charge in [0.1, 0.15) is 11.3 Å². The molecular weight excluding hydrogens is 393 g/mol. The molecule has 2 aromatic carbocycles. The number of sulfonamides is 1. The lowest BCUT2D eigenvalue weighted by atomic mass is 10.3. The fraction of sp³-hybridized carbons (Fsp3) is 0.278. The van der Waals surface area contributed by atoms with Crippen LogP contribution in [0.2, 0.25) is 5.02 Å². The van der Waals surface area contributed by atoms with Gasteiger partial charge in [-0.2, -0.15) is 4.31 Å². The summed E-state index contributed by atoms with van der Waals surface area (Å²) in [7, 11) is -3.70. The maximum atomic E-state index is 13.3. The first-order chi connectivity index (χ1) is 12.9. The van der Waals surface area contributed by atoms with Crippen LogP contribution in [0.15, 0.2) is 51.8 Å². The summed E-state index contributed by atoms with van der Waals surface area (Å²) in [4.78, 5) is 6.54. The van der Waals surface area contributed by atoms with Crippen LogP contribution < -0.4 is 0 Å². The highest BCUT2D eigenvalue weighted by molar-refractivity contribution is 7.89. The highest BCUT2D eigenvalue weighted by Crippen LogP contribution is 2.24. The normalized spacial score (nSPS) is 16.8. The minimum absolute atomic E-state index is 0.00120. The fourth-order valence-corrected chi connectivity index (χ4v) is 4.79. The Morgan fingerprint density at radius 2 is 1.85 bits per heavy atom. The van der Waals surface area contributed by atoms with E-state index in [4.69, 9.17) is 16.0 Å². The van der Waals surface area contributed by atoms with E-state index in [9.17, 15) is 12.8 Å². The zero-order chi connectivity index (χ0) is 19.0. The van der Waals surface area contributed by atoms with Gasteiger partial charge in [-0.05, 0) is 30.3 Å². The van der Waals surface area contributed by atoms with Crippen LogP contribution in [0, 0.1) is 5.82 Å². The lowest BCUT2D eigenvalue weighted by Gasteiger charge is -2.33. The maximum absolute atomic E-state index is 13.3. The molecule has 27 heavy (non-hydrogen) atoms. The smallest absolute Gasteiger partial charge is 0.243 e. The second-order valence-electron chi connectivity index (χ2n) is 6.33. The number of fused-ring (bicyclic) bond motifs is 1. The van der Waals surface area contributed by atoms with E-state index in [1.54, 1.807) is 0 Å². The van der Waals surface area contributed by atoms with Gasteiger partial charge >= 0.3 is 0 Å². The van der Waals surface area contributed by atoms with Gasteiger partial charge in [-0.1, -0.05) is 23.7 Å². The Bertz CT molecular complexity index is 1050. The van der Waals surface area contributed by atoms with Gasteiger partial charge < -0.3 is 4.42 Å². The number of halogens is 2. The number of hydrogen-bond acceptors (Lipinski definition) is 5. The van der Waals surface area contributed by atoms with E-state index >= 15 is 0 Å². The van der Waals surface area contributed by atoms with Crippen LogP contribution in [0.1, 0.15) is 5.89 Å². The van der Waals surface area contributed by atoms with Crippen molar-refractivity contribution >= 4 is 32.7 Å². The monoisotopic (exact) mass is 409 g/mol. The van der Waals surface area contributed by atoms with E-state index in [1.165, 1.54) is 10.4 Å². The third-order valence-electron chi connectivity index (χ3n) is 4.56. The molecule has 1 aromatic heterocycles. The summed E-state index contributed by atoms with van der Waals surface area (Å²) in [5, 5.41) is -0.203. The number of benzene rings is 2. The third kappa shape index (κ3) is 3.70. The Balaban J connectivity index is 1.42. The SMILES string of the molecule is O=S(=O)(c1ccc(F)c(Cl)c1)N1CCN(Cc2nc3ccccc3o2)CC1. The number of aromatic nitrogens is 1. The van der Waals surface area contributed by atoms with Gasteiger partial charge in [-0.3, -0.25) is 4.90 Å². The zero-order valence-electron chi connectivity index (χ0n) is 14.3. The molecule has 0 amide bonds. The van der Waals surface area contributed by atoms with E-state index in [1.807, 2.05) is 24.3 Å². The van der Waals surface area contributed by atoms with Crippen molar-refractivity contribution in [3.05, 3.63) is 59.2 Å². The van der Waals surface area contributed by atoms with E-state index in [0.717, 1.165) is 23.2 Å². The Morgan fingerprint density at radius 1 is 1.11 bits per heavy atom. The lowest BCUT2D eigenvalue weighted by molar-refractivity contribution is 0.169. The molecule has 0 atom stereocenters. The number of para-hydroxylation sites is 2. The average molecular weight is 410 g/mol. The largest absolute Gasteiger partial charge is 0.439 e. The van der Waals surface area contributed by atoms with Crippen molar-refractivity contribution in [3.63, 3.8) is 0 Å². The molecule has 1 aliphatic heterocycles. The second kappa shape index (κ2) is 7.20. The van der Waals surface area contributed by atoms with Crippen LogP contribution in [-0.4, -0.2) is 48.8 Å². The molecule has 1 fully saturated rings. The average Bonchev–Trinajstić information content (AvgIpc) is 3.06. The van der Waals surface area contributed by atoms with Crippen molar-refractivity contribution in [2.24, 2.45) is 0 Å². The summed E-state index contributed by atoms with van der Waals surface area (Å²) in [6.07, 6.45) is 0. The highest BCUT2D eigenvalue weighted by atomic mass is 35.5. The predicted molar refractivity (Wildman–Crippen MR) is 99.5 cm³/mol. The quantitative estimate of drug-likeness (QED) is 0.662. The van der Waals surface area contributed by atoms with E-state index in [2.05, 4.69) is 9.88 Å². The Hall–Kier alpha value is -2.00. The molecule has 0 N–H and O–H groups in total. The van der Waals surface area contributed by atoms with Crippen LogP contribution in [0.25, 0.3) is 11.1 Å². The molecule has 142 valence electrons. The number of oxazole rings is 1. The molecule has 1 aliphatic rings. The first-order valence-electron chi connectivity index (χ1n) is 8.45. The minimum atomic E-state index is -3.70. The number of piperazine rings is 1. The standard InChI is InChI=1S/C18H17ClFN3O3S/c19-14-11-13(5-6-15(14)20)27(24,25)23-9-7-22(8-10-23)12-18-21-16-3-1-2-4-17(16)26-18/h1-6,11H,7-10,12H2. The molecule has 0 radical (unpaired) electrons. The van der Waals surface area contributed by atoms with Gasteiger partial charge in [0, 0.05) is 26.2 Å². The first kappa shape index (κ1) is 18.4. The van der Waals surface area contributed by atoms with Crippen molar-refractivity contribution in [1.29, 1.82) is 0 Å². The van der Waals surface area contributed by atoms with Crippen molar-refractivity contribution < 1.29 is 17.2 Å². The molecular formula is C18H17ClFN3O3S. The molecule has 0 bridgehead atoms. The van der Waals surface area contributed by atoms with Crippen LogP contribution in [0.4, 0.5) is 4.39 Å².